The van der Waals surface area contributed by atoms with Gasteiger partial charge in [0.1, 0.15) is 11.5 Å². The predicted octanol–water partition coefficient (Wildman–Crippen LogP) is 2.75. The summed E-state index contributed by atoms with van der Waals surface area (Å²) in [6.45, 7) is 0. The molecule has 0 unspecified atom stereocenters. The summed E-state index contributed by atoms with van der Waals surface area (Å²) in [5.74, 6) is -0.773. The minimum atomic E-state index is -1.22. The first-order chi connectivity index (χ1) is 11.9. The SMILES string of the molecule is COc1ccc(/C(=C/c2ccc(O)cc2O)C(=O)O)c(OC)c1OC. The lowest BCUT2D eigenvalue weighted by atomic mass is 10.0. The standard InChI is InChI=1S/C18H18O7/c1-23-15-7-6-12(16(24-2)17(15)25-3)13(18(21)22)8-10-4-5-11(19)9-14(10)20/h4-9,19-20H,1-3H3,(H,21,22)/b13-8-. The molecule has 2 aromatic rings. The third kappa shape index (κ3) is 3.60. The van der Waals surface area contributed by atoms with E-state index in [1.807, 2.05) is 0 Å². The Hall–Kier alpha value is -3.35. The average Bonchev–Trinajstić information content (AvgIpc) is 2.59. The molecule has 7 heteroatoms. The third-order valence-corrected chi connectivity index (χ3v) is 3.54. The molecule has 3 N–H and O–H groups in total. The average molecular weight is 346 g/mol. The number of aliphatic carboxylic acids is 1. The molecule has 2 aromatic carbocycles. The van der Waals surface area contributed by atoms with Crippen molar-refractivity contribution in [1.29, 1.82) is 0 Å². The Morgan fingerprint density at radius 1 is 0.960 bits per heavy atom. The van der Waals surface area contributed by atoms with Crippen LogP contribution in [0.3, 0.4) is 0 Å². The first-order valence-electron chi connectivity index (χ1n) is 7.19. The quantitative estimate of drug-likeness (QED) is 0.545. The van der Waals surface area contributed by atoms with Crippen LogP contribution in [0.1, 0.15) is 11.1 Å². The van der Waals surface area contributed by atoms with Gasteiger partial charge in [-0.25, -0.2) is 4.79 Å². The van der Waals surface area contributed by atoms with Gasteiger partial charge in [0.25, 0.3) is 0 Å². The number of benzene rings is 2. The van der Waals surface area contributed by atoms with E-state index in [9.17, 15) is 20.1 Å². The number of rotatable bonds is 6. The van der Waals surface area contributed by atoms with Crippen molar-refractivity contribution in [2.45, 2.75) is 0 Å². The largest absolute Gasteiger partial charge is 0.508 e. The van der Waals surface area contributed by atoms with Gasteiger partial charge in [0, 0.05) is 17.2 Å². The first-order valence-corrected chi connectivity index (χ1v) is 7.19. The van der Waals surface area contributed by atoms with Gasteiger partial charge in [0.2, 0.25) is 5.75 Å². The van der Waals surface area contributed by atoms with Gasteiger partial charge in [-0.2, -0.15) is 0 Å². The molecule has 0 fully saturated rings. The molecule has 25 heavy (non-hydrogen) atoms. The fourth-order valence-corrected chi connectivity index (χ4v) is 2.38. The van der Waals surface area contributed by atoms with Crippen LogP contribution in [0.15, 0.2) is 30.3 Å². The monoisotopic (exact) mass is 346 g/mol. The Labute approximate surface area is 144 Å². The topological polar surface area (TPSA) is 105 Å². The lowest BCUT2D eigenvalue weighted by molar-refractivity contribution is -0.130. The highest BCUT2D eigenvalue weighted by atomic mass is 16.5. The van der Waals surface area contributed by atoms with E-state index in [-0.39, 0.29) is 39.7 Å². The lowest BCUT2D eigenvalue weighted by Gasteiger charge is -2.16. The number of carboxylic acids is 1. The van der Waals surface area contributed by atoms with Crippen molar-refractivity contribution in [1.82, 2.24) is 0 Å². The molecule has 7 nitrogen and oxygen atoms in total. The van der Waals surface area contributed by atoms with Gasteiger partial charge in [-0.05, 0) is 30.3 Å². The number of carboxylic acid groups (broad SMARTS) is 1. The van der Waals surface area contributed by atoms with Gasteiger partial charge >= 0.3 is 5.97 Å². The summed E-state index contributed by atoms with van der Waals surface area (Å²) in [5, 5.41) is 28.9. The van der Waals surface area contributed by atoms with Crippen LogP contribution in [0.5, 0.6) is 28.7 Å². The molecule has 0 saturated carbocycles. The van der Waals surface area contributed by atoms with E-state index < -0.39 is 5.97 Å². The maximum Gasteiger partial charge on any atom is 0.336 e. The van der Waals surface area contributed by atoms with Crippen molar-refractivity contribution in [3.8, 4) is 28.7 Å². The summed E-state index contributed by atoms with van der Waals surface area (Å²) in [6.07, 6.45) is 1.28. The summed E-state index contributed by atoms with van der Waals surface area (Å²) < 4.78 is 15.8. The fourth-order valence-electron chi connectivity index (χ4n) is 2.38. The zero-order valence-electron chi connectivity index (χ0n) is 13.9. The van der Waals surface area contributed by atoms with E-state index in [0.29, 0.717) is 5.75 Å². The summed E-state index contributed by atoms with van der Waals surface area (Å²) in [7, 11) is 4.26. The van der Waals surface area contributed by atoms with Crippen molar-refractivity contribution >= 4 is 17.6 Å². The van der Waals surface area contributed by atoms with Crippen LogP contribution in [-0.4, -0.2) is 42.6 Å². The number of ether oxygens (including phenoxy) is 3. The van der Waals surface area contributed by atoms with Crippen LogP contribution in [0, 0.1) is 0 Å². The number of carbonyl (C=O) groups is 1. The van der Waals surface area contributed by atoms with Crippen LogP contribution in [-0.2, 0) is 4.79 Å². The fraction of sp³-hybridized carbons (Fsp3) is 0.167. The highest BCUT2D eigenvalue weighted by molar-refractivity contribution is 6.21. The number of methoxy groups -OCH3 is 3. The number of aromatic hydroxyl groups is 2. The second kappa shape index (κ2) is 7.48. The number of phenols is 2. The summed E-state index contributed by atoms with van der Waals surface area (Å²) in [4.78, 5) is 11.8. The highest BCUT2D eigenvalue weighted by Crippen LogP contribution is 2.43. The Balaban J connectivity index is 2.69. The van der Waals surface area contributed by atoms with Crippen molar-refractivity contribution in [2.24, 2.45) is 0 Å². The van der Waals surface area contributed by atoms with Gasteiger partial charge in [-0.3, -0.25) is 0 Å². The number of hydrogen-bond donors (Lipinski definition) is 3. The van der Waals surface area contributed by atoms with Crippen molar-refractivity contribution in [3.63, 3.8) is 0 Å². The van der Waals surface area contributed by atoms with Crippen LogP contribution >= 0.6 is 0 Å². The van der Waals surface area contributed by atoms with E-state index >= 15 is 0 Å². The van der Waals surface area contributed by atoms with Crippen LogP contribution in [0.25, 0.3) is 11.6 Å². The molecule has 0 aliphatic rings. The molecule has 0 aliphatic carbocycles. The van der Waals surface area contributed by atoms with E-state index in [1.165, 1.54) is 45.6 Å². The highest BCUT2D eigenvalue weighted by Gasteiger charge is 2.22. The second-order valence-corrected chi connectivity index (χ2v) is 4.99. The molecule has 0 atom stereocenters. The van der Waals surface area contributed by atoms with Gasteiger partial charge in [0.05, 0.1) is 26.9 Å². The molecular weight excluding hydrogens is 328 g/mol. The lowest BCUT2D eigenvalue weighted by Crippen LogP contribution is -2.04. The molecular formula is C18H18O7. The molecule has 0 aromatic heterocycles. The zero-order valence-corrected chi connectivity index (χ0v) is 13.9. The van der Waals surface area contributed by atoms with Crippen molar-refractivity contribution in [3.05, 3.63) is 41.5 Å². The van der Waals surface area contributed by atoms with E-state index in [0.717, 1.165) is 6.07 Å². The maximum atomic E-state index is 11.8. The molecule has 132 valence electrons. The van der Waals surface area contributed by atoms with Crippen molar-refractivity contribution in [2.75, 3.05) is 21.3 Å². The minimum Gasteiger partial charge on any atom is -0.508 e. The Morgan fingerprint density at radius 2 is 1.64 bits per heavy atom. The summed E-state index contributed by atoms with van der Waals surface area (Å²) in [6, 6.07) is 6.95. The van der Waals surface area contributed by atoms with E-state index in [4.69, 9.17) is 14.2 Å². The molecule has 0 amide bonds. The molecule has 0 radical (unpaired) electrons. The van der Waals surface area contributed by atoms with E-state index in [1.54, 1.807) is 6.07 Å². The van der Waals surface area contributed by atoms with Gasteiger partial charge in [0.15, 0.2) is 11.5 Å². The predicted molar refractivity (Wildman–Crippen MR) is 91.4 cm³/mol. The Kier molecular flexibility index (Phi) is 5.38. The normalized spacial score (nSPS) is 11.1. The third-order valence-electron chi connectivity index (χ3n) is 3.54. The van der Waals surface area contributed by atoms with Crippen LogP contribution < -0.4 is 14.2 Å². The van der Waals surface area contributed by atoms with Gasteiger partial charge < -0.3 is 29.5 Å². The number of hydrogen-bond acceptors (Lipinski definition) is 6. The Bertz CT molecular complexity index is 824. The molecule has 0 spiro atoms. The Morgan fingerprint density at radius 3 is 2.16 bits per heavy atom. The molecule has 0 aliphatic heterocycles. The minimum absolute atomic E-state index is 0.126. The molecule has 0 heterocycles. The van der Waals surface area contributed by atoms with Crippen LogP contribution in [0.2, 0.25) is 0 Å². The molecule has 0 saturated heterocycles. The maximum absolute atomic E-state index is 11.8. The van der Waals surface area contributed by atoms with Crippen LogP contribution in [0.4, 0.5) is 0 Å². The smallest absolute Gasteiger partial charge is 0.336 e. The summed E-state index contributed by atoms with van der Waals surface area (Å²) in [5.41, 5.74) is 0.353. The molecule has 0 bridgehead atoms. The van der Waals surface area contributed by atoms with Crippen molar-refractivity contribution < 1.29 is 34.3 Å². The van der Waals surface area contributed by atoms with Gasteiger partial charge in [-0.1, -0.05) is 0 Å². The number of phenolic OH excluding ortho intramolecular Hbond substituents is 2. The zero-order chi connectivity index (χ0) is 18.6. The van der Waals surface area contributed by atoms with E-state index in [2.05, 4.69) is 0 Å². The second-order valence-electron chi connectivity index (χ2n) is 4.99. The summed E-state index contributed by atoms with van der Waals surface area (Å²) >= 11 is 0. The molecule has 2 rings (SSSR count). The van der Waals surface area contributed by atoms with Gasteiger partial charge in [-0.15, -0.1) is 0 Å². The first kappa shape index (κ1) is 18.0.